The molecule has 0 bridgehead atoms. The summed E-state index contributed by atoms with van der Waals surface area (Å²) in [6, 6.07) is 10.8. The van der Waals surface area contributed by atoms with Gasteiger partial charge in [-0.25, -0.2) is 0 Å². The van der Waals surface area contributed by atoms with Crippen molar-refractivity contribution in [3.05, 3.63) is 35.9 Å². The Morgan fingerprint density at radius 3 is 2.57 bits per heavy atom. The minimum atomic E-state index is 0.180. The number of likely N-dealkylation sites (N-methyl/N-ethyl adjacent to an activating group) is 1. The molecule has 118 valence electrons. The lowest BCUT2D eigenvalue weighted by Gasteiger charge is -2.16. The third-order valence-electron chi connectivity index (χ3n) is 3.81. The lowest BCUT2D eigenvalue weighted by Crippen LogP contribution is -2.31. The summed E-state index contributed by atoms with van der Waals surface area (Å²) in [7, 11) is 1.97. The zero-order valence-electron chi connectivity index (χ0n) is 13.5. The molecule has 0 saturated heterocycles. The number of hydrogen-bond donors (Lipinski definition) is 2. The van der Waals surface area contributed by atoms with Crippen molar-refractivity contribution < 1.29 is 4.79 Å². The molecule has 1 aromatic carbocycles. The molecule has 1 amide bonds. The summed E-state index contributed by atoms with van der Waals surface area (Å²) in [4.78, 5) is 11.8. The normalized spacial score (nSPS) is 12.1. The minimum absolute atomic E-state index is 0.180. The first-order chi connectivity index (χ1) is 10.3. The number of rotatable bonds is 11. The van der Waals surface area contributed by atoms with E-state index in [1.54, 1.807) is 0 Å². The summed E-state index contributed by atoms with van der Waals surface area (Å²) in [5, 5.41) is 6.33. The summed E-state index contributed by atoms with van der Waals surface area (Å²) < 4.78 is 0. The van der Waals surface area contributed by atoms with Gasteiger partial charge >= 0.3 is 0 Å². The zero-order chi connectivity index (χ0) is 15.3. The number of amides is 1. The van der Waals surface area contributed by atoms with E-state index < -0.39 is 0 Å². The van der Waals surface area contributed by atoms with Gasteiger partial charge in [-0.2, -0.15) is 0 Å². The van der Waals surface area contributed by atoms with Gasteiger partial charge in [0.15, 0.2) is 0 Å². The Morgan fingerprint density at radius 2 is 1.90 bits per heavy atom. The lowest BCUT2D eigenvalue weighted by molar-refractivity contribution is -0.121. The maximum absolute atomic E-state index is 11.8. The molecule has 0 radical (unpaired) electrons. The molecule has 3 heteroatoms. The summed E-state index contributed by atoms with van der Waals surface area (Å²) in [5.74, 6) is 0.180. The van der Waals surface area contributed by atoms with Gasteiger partial charge in [0.25, 0.3) is 0 Å². The molecule has 21 heavy (non-hydrogen) atoms. The first-order valence-corrected chi connectivity index (χ1v) is 8.24. The molecule has 1 atom stereocenters. The van der Waals surface area contributed by atoms with E-state index in [1.807, 2.05) is 13.1 Å². The first kappa shape index (κ1) is 17.7. The van der Waals surface area contributed by atoms with E-state index in [0.29, 0.717) is 12.5 Å². The topological polar surface area (TPSA) is 41.1 Å². The standard InChI is InChI=1S/C18H30N2O/c1-3-4-5-9-14-20-18(21)13-12-17(19-2)15-16-10-7-6-8-11-16/h6-8,10-11,17,19H,3-5,9,12-15H2,1-2H3,(H,20,21)/t17-/m0/s1. The minimum Gasteiger partial charge on any atom is -0.356 e. The SMILES string of the molecule is CCCCCCNC(=O)CC[C@@H](Cc1ccccc1)NC. The summed E-state index contributed by atoms with van der Waals surface area (Å²) >= 11 is 0. The zero-order valence-corrected chi connectivity index (χ0v) is 13.5. The fourth-order valence-electron chi connectivity index (χ4n) is 2.42. The summed E-state index contributed by atoms with van der Waals surface area (Å²) in [6.45, 7) is 3.02. The van der Waals surface area contributed by atoms with Crippen LogP contribution in [0.4, 0.5) is 0 Å². The third kappa shape index (κ3) is 8.51. The monoisotopic (exact) mass is 290 g/mol. The second-order valence-electron chi connectivity index (χ2n) is 5.62. The van der Waals surface area contributed by atoms with Crippen molar-refractivity contribution in [3.63, 3.8) is 0 Å². The highest BCUT2D eigenvalue weighted by Crippen LogP contribution is 2.07. The van der Waals surface area contributed by atoms with E-state index in [2.05, 4.69) is 41.8 Å². The van der Waals surface area contributed by atoms with Crippen molar-refractivity contribution in [3.8, 4) is 0 Å². The molecule has 0 fully saturated rings. The molecule has 0 aromatic heterocycles. The van der Waals surface area contributed by atoms with E-state index in [1.165, 1.54) is 24.8 Å². The molecule has 0 spiro atoms. The van der Waals surface area contributed by atoms with E-state index in [4.69, 9.17) is 0 Å². The Bertz CT molecular complexity index is 378. The van der Waals surface area contributed by atoms with E-state index in [9.17, 15) is 4.79 Å². The molecule has 3 nitrogen and oxygen atoms in total. The van der Waals surface area contributed by atoms with Crippen LogP contribution in [0.3, 0.4) is 0 Å². The molecule has 0 unspecified atom stereocenters. The summed E-state index contributed by atoms with van der Waals surface area (Å²) in [6.07, 6.45) is 7.26. The average molecular weight is 290 g/mol. The molecule has 1 aromatic rings. The fourth-order valence-corrected chi connectivity index (χ4v) is 2.42. The van der Waals surface area contributed by atoms with Crippen LogP contribution in [0, 0.1) is 0 Å². The van der Waals surface area contributed by atoms with Gasteiger partial charge in [0.1, 0.15) is 0 Å². The van der Waals surface area contributed by atoms with Crippen LogP contribution < -0.4 is 10.6 Å². The van der Waals surface area contributed by atoms with Gasteiger partial charge in [0.2, 0.25) is 5.91 Å². The van der Waals surface area contributed by atoms with Gasteiger partial charge in [0, 0.05) is 19.0 Å². The molecular formula is C18H30N2O. The highest BCUT2D eigenvalue weighted by Gasteiger charge is 2.10. The number of hydrogen-bond acceptors (Lipinski definition) is 2. The quantitative estimate of drug-likeness (QED) is 0.614. The van der Waals surface area contributed by atoms with Gasteiger partial charge < -0.3 is 10.6 Å². The second kappa shape index (κ2) is 11.3. The van der Waals surface area contributed by atoms with Crippen molar-refractivity contribution >= 4 is 5.91 Å². The predicted molar refractivity (Wildman–Crippen MR) is 89.4 cm³/mol. The molecule has 0 aliphatic carbocycles. The van der Waals surface area contributed by atoms with Gasteiger partial charge in [-0.1, -0.05) is 56.5 Å². The van der Waals surface area contributed by atoms with Crippen LogP contribution in [0.1, 0.15) is 51.0 Å². The Balaban J connectivity index is 2.17. The number of carbonyl (C=O) groups is 1. The van der Waals surface area contributed by atoms with Crippen LogP contribution in [0.15, 0.2) is 30.3 Å². The smallest absolute Gasteiger partial charge is 0.220 e. The van der Waals surface area contributed by atoms with Crippen molar-refractivity contribution in [2.45, 2.75) is 57.9 Å². The van der Waals surface area contributed by atoms with E-state index in [-0.39, 0.29) is 5.91 Å². The Hall–Kier alpha value is -1.35. The molecular weight excluding hydrogens is 260 g/mol. The largest absolute Gasteiger partial charge is 0.356 e. The van der Waals surface area contributed by atoms with Crippen molar-refractivity contribution in [1.29, 1.82) is 0 Å². The summed E-state index contributed by atoms with van der Waals surface area (Å²) in [5.41, 5.74) is 1.32. The number of unbranched alkanes of at least 4 members (excludes halogenated alkanes) is 3. The average Bonchev–Trinajstić information content (AvgIpc) is 2.52. The highest BCUT2D eigenvalue weighted by atomic mass is 16.1. The van der Waals surface area contributed by atoms with Crippen molar-refractivity contribution in [2.24, 2.45) is 0 Å². The Labute approximate surface area is 129 Å². The van der Waals surface area contributed by atoms with Crippen LogP contribution in [0.25, 0.3) is 0 Å². The van der Waals surface area contributed by atoms with E-state index >= 15 is 0 Å². The Morgan fingerprint density at radius 1 is 1.14 bits per heavy atom. The second-order valence-corrected chi connectivity index (χ2v) is 5.62. The van der Waals surface area contributed by atoms with Gasteiger partial charge in [0.05, 0.1) is 0 Å². The molecule has 2 N–H and O–H groups in total. The van der Waals surface area contributed by atoms with Gasteiger partial charge in [-0.05, 0) is 31.9 Å². The van der Waals surface area contributed by atoms with Crippen molar-refractivity contribution in [1.82, 2.24) is 10.6 Å². The molecule has 0 aliphatic heterocycles. The van der Waals surface area contributed by atoms with Crippen LogP contribution >= 0.6 is 0 Å². The lowest BCUT2D eigenvalue weighted by atomic mass is 10.0. The third-order valence-corrected chi connectivity index (χ3v) is 3.81. The number of carbonyl (C=O) groups excluding carboxylic acids is 1. The maximum Gasteiger partial charge on any atom is 0.220 e. The molecule has 1 rings (SSSR count). The molecule has 0 heterocycles. The molecule has 0 saturated carbocycles. The first-order valence-electron chi connectivity index (χ1n) is 8.24. The van der Waals surface area contributed by atoms with Crippen LogP contribution in [-0.4, -0.2) is 25.5 Å². The number of benzene rings is 1. The van der Waals surface area contributed by atoms with Crippen LogP contribution in [-0.2, 0) is 11.2 Å². The highest BCUT2D eigenvalue weighted by molar-refractivity contribution is 5.75. The van der Waals surface area contributed by atoms with Gasteiger partial charge in [-0.15, -0.1) is 0 Å². The predicted octanol–water partition coefficient (Wildman–Crippen LogP) is 3.29. The van der Waals surface area contributed by atoms with Gasteiger partial charge in [-0.3, -0.25) is 4.79 Å². The van der Waals surface area contributed by atoms with Crippen LogP contribution in [0.5, 0.6) is 0 Å². The molecule has 0 aliphatic rings. The maximum atomic E-state index is 11.8. The Kier molecular flexibility index (Phi) is 9.55. The number of nitrogens with one attached hydrogen (secondary N) is 2. The van der Waals surface area contributed by atoms with Crippen molar-refractivity contribution in [2.75, 3.05) is 13.6 Å². The van der Waals surface area contributed by atoms with E-state index in [0.717, 1.165) is 25.8 Å². The fraction of sp³-hybridized carbons (Fsp3) is 0.611. The van der Waals surface area contributed by atoms with Crippen LogP contribution in [0.2, 0.25) is 0 Å².